The Morgan fingerprint density at radius 2 is 2.21 bits per heavy atom. The van der Waals surface area contributed by atoms with E-state index in [1.807, 2.05) is 0 Å². The van der Waals surface area contributed by atoms with Gasteiger partial charge in [0.15, 0.2) is 0 Å². The normalized spacial score (nSPS) is 25.6. The molecule has 1 saturated heterocycles. The molecule has 0 radical (unpaired) electrons. The first-order valence-corrected chi connectivity index (χ1v) is 7.74. The van der Waals surface area contributed by atoms with Crippen molar-refractivity contribution in [2.45, 2.75) is 52.2 Å². The minimum atomic E-state index is -0.117. The highest BCUT2D eigenvalue weighted by molar-refractivity contribution is 6.27. The summed E-state index contributed by atoms with van der Waals surface area (Å²) >= 11 is -0.117. The molecule has 0 aromatic heterocycles. The van der Waals surface area contributed by atoms with Gasteiger partial charge in [-0.1, -0.05) is 52.2 Å². The van der Waals surface area contributed by atoms with E-state index >= 15 is 0 Å². The zero-order valence-corrected chi connectivity index (χ0v) is 11.7. The highest BCUT2D eigenvalue weighted by Gasteiger charge is 2.35. The van der Waals surface area contributed by atoms with E-state index in [-0.39, 0.29) is 15.6 Å². The van der Waals surface area contributed by atoms with Crippen LogP contribution in [0.5, 0.6) is 0 Å². The summed E-state index contributed by atoms with van der Waals surface area (Å²) in [7, 11) is 0. The van der Waals surface area contributed by atoms with Gasteiger partial charge in [-0.2, -0.15) is 0 Å². The van der Waals surface area contributed by atoms with Crippen molar-refractivity contribution in [1.82, 2.24) is 0 Å². The molecule has 14 heavy (non-hydrogen) atoms. The van der Waals surface area contributed by atoms with Crippen molar-refractivity contribution in [3.63, 3.8) is 0 Å². The SMILES string of the molecule is CCCC(C)C(C)(C)C1C[CH2][AlH][O]C1. The molecule has 0 bridgehead atoms. The van der Waals surface area contributed by atoms with Crippen LogP contribution in [0.4, 0.5) is 0 Å². The first-order valence-electron chi connectivity index (χ1n) is 6.16. The molecule has 82 valence electrons. The number of hydrogen-bond acceptors (Lipinski definition) is 1. The van der Waals surface area contributed by atoms with E-state index in [0.717, 1.165) is 18.4 Å². The number of hydrogen-bond donors (Lipinski definition) is 0. The molecule has 0 saturated carbocycles. The lowest BCUT2D eigenvalue weighted by atomic mass is 9.68. The van der Waals surface area contributed by atoms with Crippen molar-refractivity contribution in [2.24, 2.45) is 17.3 Å². The smallest absolute Gasteiger partial charge is 0.435 e. The van der Waals surface area contributed by atoms with Crippen LogP contribution in [-0.4, -0.2) is 22.2 Å². The molecule has 0 spiro atoms. The quantitative estimate of drug-likeness (QED) is 0.650. The molecule has 2 unspecified atom stereocenters. The van der Waals surface area contributed by atoms with Crippen LogP contribution in [0, 0.1) is 17.3 Å². The highest BCUT2D eigenvalue weighted by atomic mass is 27.1. The Morgan fingerprint density at radius 3 is 2.71 bits per heavy atom. The maximum absolute atomic E-state index is 5.74. The van der Waals surface area contributed by atoms with Crippen molar-refractivity contribution >= 4 is 15.6 Å². The van der Waals surface area contributed by atoms with Crippen LogP contribution in [-0.2, 0) is 3.79 Å². The third-order valence-corrected chi connectivity index (χ3v) is 5.43. The van der Waals surface area contributed by atoms with Crippen LogP contribution < -0.4 is 0 Å². The molecule has 0 N–H and O–H groups in total. The van der Waals surface area contributed by atoms with Crippen molar-refractivity contribution in [1.29, 1.82) is 0 Å². The fraction of sp³-hybridized carbons (Fsp3) is 1.00. The monoisotopic (exact) mass is 212 g/mol. The summed E-state index contributed by atoms with van der Waals surface area (Å²) in [5.74, 6) is 1.64. The molecule has 0 aliphatic carbocycles. The summed E-state index contributed by atoms with van der Waals surface area (Å²) < 4.78 is 5.74. The van der Waals surface area contributed by atoms with Crippen LogP contribution in [0.1, 0.15) is 47.0 Å². The van der Waals surface area contributed by atoms with Gasteiger partial charge in [-0.15, -0.1) is 0 Å². The van der Waals surface area contributed by atoms with Gasteiger partial charge >= 0.3 is 15.6 Å². The largest absolute Gasteiger partial charge is 0.503 e. The van der Waals surface area contributed by atoms with Gasteiger partial charge in [0.25, 0.3) is 0 Å². The lowest BCUT2D eigenvalue weighted by molar-refractivity contribution is 0.0610. The van der Waals surface area contributed by atoms with Gasteiger partial charge in [0.1, 0.15) is 0 Å². The third kappa shape index (κ3) is 2.99. The molecular weight excluding hydrogens is 187 g/mol. The Morgan fingerprint density at radius 1 is 1.50 bits per heavy atom. The molecule has 1 rings (SSSR count). The molecular formula is C12H25AlO. The fourth-order valence-electron chi connectivity index (χ4n) is 2.53. The van der Waals surface area contributed by atoms with Gasteiger partial charge in [0, 0.05) is 6.61 Å². The predicted molar refractivity (Wildman–Crippen MR) is 63.9 cm³/mol. The molecule has 0 amide bonds. The van der Waals surface area contributed by atoms with Crippen LogP contribution in [0.2, 0.25) is 5.28 Å². The van der Waals surface area contributed by atoms with Gasteiger partial charge < -0.3 is 3.79 Å². The molecule has 1 aliphatic rings. The van der Waals surface area contributed by atoms with E-state index in [1.54, 1.807) is 0 Å². The van der Waals surface area contributed by atoms with E-state index in [1.165, 1.54) is 24.5 Å². The maximum atomic E-state index is 5.74. The summed E-state index contributed by atoms with van der Waals surface area (Å²) in [4.78, 5) is 0. The topological polar surface area (TPSA) is 9.23 Å². The van der Waals surface area contributed by atoms with E-state index < -0.39 is 0 Å². The number of rotatable bonds is 4. The Bertz CT molecular complexity index is 162. The lowest BCUT2D eigenvalue weighted by Gasteiger charge is -2.41. The second kappa shape index (κ2) is 5.54. The maximum Gasteiger partial charge on any atom is 0.435 e. The summed E-state index contributed by atoms with van der Waals surface area (Å²) in [5, 5.41) is 1.40. The Labute approximate surface area is 95.7 Å². The minimum absolute atomic E-state index is 0.117. The van der Waals surface area contributed by atoms with Crippen LogP contribution >= 0.6 is 0 Å². The second-order valence-electron chi connectivity index (χ2n) is 5.43. The van der Waals surface area contributed by atoms with Gasteiger partial charge in [0.05, 0.1) is 0 Å². The van der Waals surface area contributed by atoms with Gasteiger partial charge in [-0.05, 0) is 17.3 Å². The predicted octanol–water partition coefficient (Wildman–Crippen LogP) is 3.26. The minimum Gasteiger partial charge on any atom is -0.503 e. The Kier molecular flexibility index (Phi) is 4.97. The zero-order chi connectivity index (χ0) is 10.6. The molecule has 1 nitrogen and oxygen atoms in total. The second-order valence-corrected chi connectivity index (χ2v) is 6.95. The van der Waals surface area contributed by atoms with E-state index in [0.29, 0.717) is 5.41 Å². The fourth-order valence-corrected chi connectivity index (χ4v) is 3.85. The highest BCUT2D eigenvalue weighted by Crippen LogP contribution is 2.41. The van der Waals surface area contributed by atoms with Crippen LogP contribution in [0.15, 0.2) is 0 Å². The van der Waals surface area contributed by atoms with Gasteiger partial charge in [0.2, 0.25) is 0 Å². The molecule has 2 atom stereocenters. The van der Waals surface area contributed by atoms with Gasteiger partial charge in [-0.3, -0.25) is 0 Å². The van der Waals surface area contributed by atoms with Crippen LogP contribution in [0.25, 0.3) is 0 Å². The summed E-state index contributed by atoms with van der Waals surface area (Å²) in [6.07, 6.45) is 4.10. The van der Waals surface area contributed by atoms with Crippen LogP contribution in [0.3, 0.4) is 0 Å². The standard InChI is InChI=1S/C12H24O.Al.H/c1-6-8-10(3)12(4,5)11(7-2)9-13;;/h10-11H,2,6-9H2,1,3-5H3;;/q-1;+1;. The molecule has 0 aromatic carbocycles. The van der Waals surface area contributed by atoms with Crippen molar-refractivity contribution in [3.8, 4) is 0 Å². The van der Waals surface area contributed by atoms with E-state index in [9.17, 15) is 0 Å². The Balaban J connectivity index is 2.52. The zero-order valence-electron chi connectivity index (χ0n) is 10.3. The van der Waals surface area contributed by atoms with E-state index in [4.69, 9.17) is 3.79 Å². The van der Waals surface area contributed by atoms with Crippen molar-refractivity contribution in [2.75, 3.05) is 6.61 Å². The average Bonchev–Trinajstić information content (AvgIpc) is 2.19. The first-order chi connectivity index (χ1) is 6.59. The Hall–Kier alpha value is 0.492. The first kappa shape index (κ1) is 12.6. The van der Waals surface area contributed by atoms with Gasteiger partial charge in [-0.25, -0.2) is 0 Å². The molecule has 0 aromatic rings. The van der Waals surface area contributed by atoms with Crippen molar-refractivity contribution in [3.05, 3.63) is 0 Å². The molecule has 1 fully saturated rings. The molecule has 2 heteroatoms. The van der Waals surface area contributed by atoms with E-state index in [2.05, 4.69) is 27.7 Å². The summed E-state index contributed by atoms with van der Waals surface area (Å²) in [5.41, 5.74) is 0.477. The molecule has 1 heterocycles. The molecule has 1 aliphatic heterocycles. The third-order valence-electron chi connectivity index (χ3n) is 4.20. The van der Waals surface area contributed by atoms with Crippen molar-refractivity contribution < 1.29 is 3.79 Å². The summed E-state index contributed by atoms with van der Waals surface area (Å²) in [6.45, 7) is 10.6. The lowest BCUT2D eigenvalue weighted by Crippen LogP contribution is -2.36. The average molecular weight is 212 g/mol. The summed E-state index contributed by atoms with van der Waals surface area (Å²) in [6, 6.07) is 0.